The largest absolute Gasteiger partial charge is 0.340 e. The van der Waals surface area contributed by atoms with Gasteiger partial charge in [-0.3, -0.25) is 14.4 Å². The number of hydrogen-bond acceptors (Lipinski definition) is 4. The maximum absolute atomic E-state index is 12.9. The number of rotatable bonds is 7. The van der Waals surface area contributed by atoms with Crippen LogP contribution in [-0.4, -0.2) is 23.8 Å². The normalized spacial score (nSPS) is 11.6. The highest BCUT2D eigenvalue weighted by atomic mass is 35.5. The third-order valence-corrected chi connectivity index (χ3v) is 5.60. The molecule has 2 aromatic carbocycles. The molecule has 0 saturated heterocycles. The number of benzene rings is 2. The third kappa shape index (κ3) is 6.16. The quantitative estimate of drug-likeness (QED) is 0.466. The van der Waals surface area contributed by atoms with Gasteiger partial charge in [0.1, 0.15) is 6.04 Å². The van der Waals surface area contributed by atoms with Crippen LogP contribution in [0.1, 0.15) is 33.9 Å². The Kier molecular flexibility index (Phi) is 7.44. The van der Waals surface area contributed by atoms with Crippen LogP contribution < -0.4 is 16.0 Å². The van der Waals surface area contributed by atoms with E-state index in [1.165, 1.54) is 11.3 Å². The molecule has 0 fully saturated rings. The molecule has 3 aromatic rings. The molecule has 3 amide bonds. The van der Waals surface area contributed by atoms with Gasteiger partial charge in [-0.15, -0.1) is 11.3 Å². The lowest BCUT2D eigenvalue weighted by atomic mass is 10.0. The summed E-state index contributed by atoms with van der Waals surface area (Å²) in [5.41, 5.74) is 1.49. The number of amides is 3. The van der Waals surface area contributed by atoms with Crippen molar-refractivity contribution in [3.05, 3.63) is 81.5 Å². The summed E-state index contributed by atoms with van der Waals surface area (Å²) in [4.78, 5) is 38.2. The topological polar surface area (TPSA) is 87.3 Å². The van der Waals surface area contributed by atoms with Gasteiger partial charge in [-0.25, -0.2) is 0 Å². The van der Waals surface area contributed by atoms with E-state index in [1.807, 2.05) is 19.2 Å². The zero-order valence-electron chi connectivity index (χ0n) is 17.0. The van der Waals surface area contributed by atoms with Gasteiger partial charge in [-0.1, -0.05) is 37.6 Å². The van der Waals surface area contributed by atoms with Crippen molar-refractivity contribution in [3.63, 3.8) is 0 Å². The Hall–Kier alpha value is -3.16. The van der Waals surface area contributed by atoms with Gasteiger partial charge in [0, 0.05) is 22.0 Å². The van der Waals surface area contributed by atoms with E-state index in [2.05, 4.69) is 16.0 Å². The molecule has 0 aliphatic rings. The average molecular weight is 456 g/mol. The van der Waals surface area contributed by atoms with Gasteiger partial charge >= 0.3 is 0 Å². The van der Waals surface area contributed by atoms with E-state index in [0.717, 1.165) is 0 Å². The van der Waals surface area contributed by atoms with E-state index in [0.29, 0.717) is 26.8 Å². The van der Waals surface area contributed by atoms with E-state index in [4.69, 9.17) is 11.6 Å². The minimum Gasteiger partial charge on any atom is -0.340 e. The first-order valence-corrected chi connectivity index (χ1v) is 10.9. The molecule has 0 aliphatic carbocycles. The van der Waals surface area contributed by atoms with E-state index >= 15 is 0 Å². The molecule has 31 heavy (non-hydrogen) atoms. The highest BCUT2D eigenvalue weighted by Gasteiger charge is 2.25. The first-order chi connectivity index (χ1) is 14.8. The Bertz CT molecular complexity index is 1070. The molecule has 8 heteroatoms. The Morgan fingerprint density at radius 1 is 0.871 bits per heavy atom. The van der Waals surface area contributed by atoms with Crippen molar-refractivity contribution in [1.29, 1.82) is 0 Å². The fourth-order valence-corrected chi connectivity index (χ4v) is 3.60. The van der Waals surface area contributed by atoms with Gasteiger partial charge in [0.15, 0.2) is 0 Å². The van der Waals surface area contributed by atoms with E-state index in [9.17, 15) is 14.4 Å². The molecule has 1 unspecified atom stereocenters. The summed E-state index contributed by atoms with van der Waals surface area (Å²) in [5.74, 6) is -1.06. The van der Waals surface area contributed by atoms with Crippen LogP contribution in [0.3, 0.4) is 0 Å². The van der Waals surface area contributed by atoms with E-state index < -0.39 is 6.04 Å². The number of nitrogens with one attached hydrogen (secondary N) is 3. The second-order valence-corrected chi connectivity index (χ2v) is 8.59. The minimum absolute atomic E-state index is 0.141. The van der Waals surface area contributed by atoms with Crippen LogP contribution in [0.4, 0.5) is 11.4 Å². The standard InChI is InChI=1S/C23H22ClN3O3S/c1-14(2)20(27-21(28)15-8-10-16(24)11-9-15)23(30)26-18-6-3-5-17(13-18)25-22(29)19-7-4-12-31-19/h3-14,20H,1-2H3,(H,25,29)(H,26,30)(H,27,28). The average Bonchev–Trinajstić information content (AvgIpc) is 3.27. The Morgan fingerprint density at radius 2 is 1.55 bits per heavy atom. The van der Waals surface area contributed by atoms with Crippen molar-refractivity contribution in [1.82, 2.24) is 5.32 Å². The van der Waals surface area contributed by atoms with Crippen molar-refractivity contribution in [2.45, 2.75) is 19.9 Å². The molecule has 0 radical (unpaired) electrons. The molecular formula is C23H22ClN3O3S. The van der Waals surface area contributed by atoms with Gasteiger partial charge in [0.25, 0.3) is 11.8 Å². The van der Waals surface area contributed by atoms with Crippen LogP contribution in [0.25, 0.3) is 0 Å². The van der Waals surface area contributed by atoms with Crippen LogP contribution in [0.5, 0.6) is 0 Å². The van der Waals surface area contributed by atoms with Crippen LogP contribution in [-0.2, 0) is 4.79 Å². The highest BCUT2D eigenvalue weighted by Crippen LogP contribution is 2.19. The predicted octanol–water partition coefficient (Wildman–Crippen LogP) is 5.05. The molecule has 3 N–H and O–H groups in total. The number of halogens is 1. The second kappa shape index (κ2) is 10.2. The molecule has 6 nitrogen and oxygen atoms in total. The van der Waals surface area contributed by atoms with Gasteiger partial charge in [0.05, 0.1) is 4.88 Å². The van der Waals surface area contributed by atoms with Crippen molar-refractivity contribution < 1.29 is 14.4 Å². The molecule has 0 bridgehead atoms. The molecule has 0 aliphatic heterocycles. The number of hydrogen-bond donors (Lipinski definition) is 3. The zero-order valence-corrected chi connectivity index (χ0v) is 18.6. The van der Waals surface area contributed by atoms with Crippen LogP contribution in [0.15, 0.2) is 66.0 Å². The molecule has 1 atom stereocenters. The Labute approximate surface area is 189 Å². The number of thiophene rings is 1. The molecule has 3 rings (SSSR count). The molecule has 1 heterocycles. The molecule has 0 saturated carbocycles. The van der Waals surface area contributed by atoms with Crippen molar-refractivity contribution in [3.8, 4) is 0 Å². The molecule has 0 spiro atoms. The lowest BCUT2D eigenvalue weighted by molar-refractivity contribution is -0.118. The summed E-state index contributed by atoms with van der Waals surface area (Å²) >= 11 is 7.21. The van der Waals surface area contributed by atoms with Crippen LogP contribution in [0, 0.1) is 5.92 Å². The van der Waals surface area contributed by atoms with Gasteiger partial charge in [-0.2, -0.15) is 0 Å². The highest BCUT2D eigenvalue weighted by molar-refractivity contribution is 7.12. The summed E-state index contributed by atoms with van der Waals surface area (Å²) < 4.78 is 0. The molecular weight excluding hydrogens is 434 g/mol. The maximum Gasteiger partial charge on any atom is 0.265 e. The lowest BCUT2D eigenvalue weighted by Gasteiger charge is -2.22. The summed E-state index contributed by atoms with van der Waals surface area (Å²) in [6.07, 6.45) is 0. The number of carbonyl (C=O) groups is 3. The van der Waals surface area contributed by atoms with Crippen molar-refractivity contribution in [2.24, 2.45) is 5.92 Å². The van der Waals surface area contributed by atoms with Crippen LogP contribution in [0.2, 0.25) is 5.02 Å². The molecule has 160 valence electrons. The van der Waals surface area contributed by atoms with Gasteiger partial charge in [-0.05, 0) is 59.8 Å². The smallest absolute Gasteiger partial charge is 0.265 e. The van der Waals surface area contributed by atoms with Crippen molar-refractivity contribution >= 4 is 52.0 Å². The first-order valence-electron chi connectivity index (χ1n) is 9.65. The minimum atomic E-state index is -0.743. The second-order valence-electron chi connectivity index (χ2n) is 7.20. The number of carbonyl (C=O) groups excluding carboxylic acids is 3. The SMILES string of the molecule is CC(C)C(NC(=O)c1ccc(Cl)cc1)C(=O)Nc1cccc(NC(=O)c2cccs2)c1. The lowest BCUT2D eigenvalue weighted by Crippen LogP contribution is -2.47. The Morgan fingerprint density at radius 3 is 2.16 bits per heavy atom. The predicted molar refractivity (Wildman–Crippen MR) is 125 cm³/mol. The van der Waals surface area contributed by atoms with E-state index in [1.54, 1.807) is 60.7 Å². The van der Waals surface area contributed by atoms with Gasteiger partial charge < -0.3 is 16.0 Å². The monoisotopic (exact) mass is 455 g/mol. The summed E-state index contributed by atoms with van der Waals surface area (Å²) in [5, 5.41) is 10.8. The maximum atomic E-state index is 12.9. The number of anilines is 2. The summed E-state index contributed by atoms with van der Waals surface area (Å²) in [7, 11) is 0. The fourth-order valence-electron chi connectivity index (χ4n) is 2.86. The Balaban J connectivity index is 1.67. The molecule has 1 aromatic heterocycles. The van der Waals surface area contributed by atoms with Gasteiger partial charge in [0.2, 0.25) is 5.91 Å². The summed E-state index contributed by atoms with van der Waals surface area (Å²) in [6.45, 7) is 3.70. The summed E-state index contributed by atoms with van der Waals surface area (Å²) in [6, 6.07) is 16.1. The third-order valence-electron chi connectivity index (χ3n) is 4.48. The fraction of sp³-hybridized carbons (Fsp3) is 0.174. The van der Waals surface area contributed by atoms with E-state index in [-0.39, 0.29) is 23.6 Å². The van der Waals surface area contributed by atoms with Crippen molar-refractivity contribution in [2.75, 3.05) is 10.6 Å². The first kappa shape index (κ1) is 22.5. The van der Waals surface area contributed by atoms with Crippen LogP contribution >= 0.6 is 22.9 Å². The zero-order chi connectivity index (χ0) is 22.4.